The first-order valence-electron chi connectivity index (χ1n) is 9.21. The van der Waals surface area contributed by atoms with Gasteiger partial charge in [-0.25, -0.2) is 4.79 Å². The zero-order chi connectivity index (χ0) is 17.6. The largest absolute Gasteiger partial charge is 0.351 e. The highest BCUT2D eigenvalue weighted by Crippen LogP contribution is 2.30. The average Bonchev–Trinajstić information content (AvgIpc) is 3.03. The van der Waals surface area contributed by atoms with Crippen LogP contribution in [0.2, 0.25) is 0 Å². The third kappa shape index (κ3) is 5.03. The van der Waals surface area contributed by atoms with Gasteiger partial charge in [0.05, 0.1) is 6.54 Å². The maximum Gasteiger partial charge on any atom is 0.318 e. The van der Waals surface area contributed by atoms with E-state index in [1.165, 1.54) is 18.4 Å². The van der Waals surface area contributed by atoms with Crippen LogP contribution in [0.25, 0.3) is 0 Å². The van der Waals surface area contributed by atoms with Crippen molar-refractivity contribution in [2.45, 2.75) is 38.3 Å². The number of likely N-dealkylation sites (tertiary alicyclic amines) is 2. The number of benzene rings is 1. The molecule has 6 nitrogen and oxygen atoms in total. The lowest BCUT2D eigenvalue weighted by Gasteiger charge is -2.39. The normalized spacial score (nSPS) is 25.0. The van der Waals surface area contributed by atoms with Crippen LogP contribution in [0.1, 0.15) is 31.2 Å². The molecule has 0 radical (unpaired) electrons. The van der Waals surface area contributed by atoms with Gasteiger partial charge in [-0.2, -0.15) is 0 Å². The van der Waals surface area contributed by atoms with E-state index in [-0.39, 0.29) is 12.5 Å². The summed E-state index contributed by atoms with van der Waals surface area (Å²) in [5.74, 6) is 0.290. The zero-order valence-electron chi connectivity index (χ0n) is 14.7. The minimum absolute atomic E-state index is 0.267. The fourth-order valence-corrected chi connectivity index (χ4v) is 4.33. The van der Waals surface area contributed by atoms with E-state index in [4.69, 9.17) is 5.73 Å². The Hall–Kier alpha value is -1.92. The molecule has 0 spiro atoms. The monoisotopic (exact) mass is 344 g/mol. The molecule has 1 aromatic rings. The fraction of sp³-hybridized carbons (Fsp3) is 0.579. The molecule has 2 saturated heterocycles. The van der Waals surface area contributed by atoms with Crippen molar-refractivity contribution < 1.29 is 9.59 Å². The van der Waals surface area contributed by atoms with Gasteiger partial charge < -0.3 is 5.73 Å². The number of primary amides is 1. The van der Waals surface area contributed by atoms with Gasteiger partial charge in [0.15, 0.2) is 0 Å². The van der Waals surface area contributed by atoms with E-state index in [9.17, 15) is 9.59 Å². The maximum atomic E-state index is 11.9. The standard InChI is InChI=1S/C19H28N4O2/c20-19(25)21-18(24)14-23-11-5-9-17(23)16-8-4-10-22(13-16)12-15-6-2-1-3-7-15/h1-3,6-7,16-17H,4-5,8-14H2,(H3,20,21,24,25)/t16-,17+/m0/s1. The third-order valence-corrected chi connectivity index (χ3v) is 5.36. The van der Waals surface area contributed by atoms with Gasteiger partial charge in [-0.1, -0.05) is 30.3 Å². The number of imide groups is 1. The number of nitrogens with one attached hydrogen (secondary N) is 1. The van der Waals surface area contributed by atoms with Crippen LogP contribution in [-0.2, 0) is 11.3 Å². The van der Waals surface area contributed by atoms with E-state index in [1.54, 1.807) is 0 Å². The average molecular weight is 344 g/mol. The second-order valence-corrected chi connectivity index (χ2v) is 7.22. The van der Waals surface area contributed by atoms with Crippen LogP contribution in [0, 0.1) is 5.92 Å². The summed E-state index contributed by atoms with van der Waals surface area (Å²) in [6.45, 7) is 4.40. The molecule has 2 atom stereocenters. The van der Waals surface area contributed by atoms with Crippen molar-refractivity contribution in [1.82, 2.24) is 15.1 Å². The Bertz CT molecular complexity index is 592. The molecule has 25 heavy (non-hydrogen) atoms. The molecule has 3 N–H and O–H groups in total. The molecule has 0 aliphatic carbocycles. The molecule has 6 heteroatoms. The van der Waals surface area contributed by atoms with Crippen molar-refractivity contribution in [3.05, 3.63) is 35.9 Å². The number of piperidine rings is 1. The first-order chi connectivity index (χ1) is 12.1. The SMILES string of the molecule is NC(=O)NC(=O)CN1CCC[C@@H]1[C@H]1CCCN(Cc2ccccc2)C1. The Kier molecular flexibility index (Phi) is 6.04. The van der Waals surface area contributed by atoms with Crippen LogP contribution in [0.15, 0.2) is 30.3 Å². The molecule has 2 fully saturated rings. The second kappa shape index (κ2) is 8.45. The van der Waals surface area contributed by atoms with Crippen molar-refractivity contribution in [1.29, 1.82) is 0 Å². The molecule has 1 aromatic carbocycles. The minimum atomic E-state index is -0.771. The minimum Gasteiger partial charge on any atom is -0.351 e. The summed E-state index contributed by atoms with van der Waals surface area (Å²) >= 11 is 0. The van der Waals surface area contributed by atoms with Crippen LogP contribution in [0.5, 0.6) is 0 Å². The first kappa shape index (κ1) is 17.9. The van der Waals surface area contributed by atoms with Crippen molar-refractivity contribution in [3.63, 3.8) is 0 Å². The zero-order valence-corrected chi connectivity index (χ0v) is 14.7. The highest BCUT2D eigenvalue weighted by atomic mass is 16.2. The van der Waals surface area contributed by atoms with Crippen LogP contribution < -0.4 is 11.1 Å². The maximum absolute atomic E-state index is 11.9. The van der Waals surface area contributed by atoms with Gasteiger partial charge in [0.25, 0.3) is 0 Å². The number of hydrogen-bond donors (Lipinski definition) is 2. The summed E-state index contributed by atoms with van der Waals surface area (Å²) < 4.78 is 0. The fourth-order valence-electron chi connectivity index (χ4n) is 4.33. The van der Waals surface area contributed by atoms with E-state index in [1.807, 2.05) is 0 Å². The summed E-state index contributed by atoms with van der Waals surface area (Å²) in [7, 11) is 0. The number of nitrogens with two attached hydrogens (primary N) is 1. The molecule has 3 amide bonds. The van der Waals surface area contributed by atoms with Gasteiger partial charge >= 0.3 is 6.03 Å². The number of amides is 3. The Morgan fingerprint density at radius 2 is 1.88 bits per heavy atom. The molecule has 3 rings (SSSR count). The van der Waals surface area contributed by atoms with Crippen LogP contribution in [0.4, 0.5) is 4.79 Å². The molecule has 0 saturated carbocycles. The number of hydrogen-bond acceptors (Lipinski definition) is 4. The van der Waals surface area contributed by atoms with E-state index < -0.39 is 6.03 Å². The number of rotatable bonds is 5. The predicted molar refractivity (Wildman–Crippen MR) is 96.8 cm³/mol. The smallest absolute Gasteiger partial charge is 0.318 e. The number of carbonyl (C=O) groups excluding carboxylic acids is 2. The van der Waals surface area contributed by atoms with Crippen molar-refractivity contribution in [2.75, 3.05) is 26.2 Å². The summed E-state index contributed by atoms with van der Waals surface area (Å²) in [6.07, 6.45) is 4.66. The van der Waals surface area contributed by atoms with Gasteiger partial charge in [-0.15, -0.1) is 0 Å². The first-order valence-corrected chi connectivity index (χ1v) is 9.21. The van der Waals surface area contributed by atoms with E-state index in [0.717, 1.165) is 39.0 Å². The van der Waals surface area contributed by atoms with Crippen molar-refractivity contribution >= 4 is 11.9 Å². The molecule has 0 aromatic heterocycles. The summed E-state index contributed by atoms with van der Waals surface area (Å²) in [6, 6.07) is 10.2. The van der Waals surface area contributed by atoms with Crippen LogP contribution in [0.3, 0.4) is 0 Å². The van der Waals surface area contributed by atoms with Gasteiger partial charge in [0, 0.05) is 19.1 Å². The third-order valence-electron chi connectivity index (χ3n) is 5.36. The number of urea groups is 1. The Morgan fingerprint density at radius 1 is 1.12 bits per heavy atom. The lowest BCUT2D eigenvalue weighted by Crippen LogP contribution is -2.48. The van der Waals surface area contributed by atoms with E-state index >= 15 is 0 Å². The van der Waals surface area contributed by atoms with Gasteiger partial charge in [-0.3, -0.25) is 19.9 Å². The molecule has 2 aliphatic rings. The highest BCUT2D eigenvalue weighted by Gasteiger charge is 2.35. The molecule has 0 bridgehead atoms. The van der Waals surface area contributed by atoms with Crippen LogP contribution >= 0.6 is 0 Å². The lowest BCUT2D eigenvalue weighted by atomic mass is 9.89. The Balaban J connectivity index is 1.56. The Labute approximate surface area is 149 Å². The summed E-state index contributed by atoms with van der Waals surface area (Å²) in [5.41, 5.74) is 6.39. The van der Waals surface area contributed by atoms with Crippen LogP contribution in [-0.4, -0.2) is 54.0 Å². The van der Waals surface area contributed by atoms with E-state index in [2.05, 4.69) is 45.4 Å². The molecular formula is C19H28N4O2. The second-order valence-electron chi connectivity index (χ2n) is 7.22. The summed E-state index contributed by atoms with van der Waals surface area (Å²) in [5, 5.41) is 2.18. The van der Waals surface area contributed by atoms with Crippen molar-refractivity contribution in [3.8, 4) is 0 Å². The molecule has 2 heterocycles. The molecule has 2 aliphatic heterocycles. The van der Waals surface area contributed by atoms with E-state index in [0.29, 0.717) is 12.0 Å². The molecule has 136 valence electrons. The quantitative estimate of drug-likeness (QED) is 0.850. The highest BCUT2D eigenvalue weighted by molar-refractivity contribution is 5.94. The summed E-state index contributed by atoms with van der Waals surface area (Å²) in [4.78, 5) is 27.5. The molecule has 0 unspecified atom stereocenters. The lowest BCUT2D eigenvalue weighted by molar-refractivity contribution is -0.121. The number of carbonyl (C=O) groups is 2. The van der Waals surface area contributed by atoms with Gasteiger partial charge in [0.1, 0.15) is 0 Å². The molecular weight excluding hydrogens is 316 g/mol. The number of nitrogens with zero attached hydrogens (tertiary/aromatic N) is 2. The van der Waals surface area contributed by atoms with Gasteiger partial charge in [0.2, 0.25) is 5.91 Å². The van der Waals surface area contributed by atoms with Gasteiger partial charge in [-0.05, 0) is 50.3 Å². The predicted octanol–water partition coefficient (Wildman–Crippen LogP) is 1.56. The Morgan fingerprint density at radius 3 is 2.64 bits per heavy atom. The topological polar surface area (TPSA) is 78.7 Å². The van der Waals surface area contributed by atoms with Crippen molar-refractivity contribution in [2.24, 2.45) is 11.7 Å².